The third kappa shape index (κ3) is 1.43. The van der Waals surface area contributed by atoms with Gasteiger partial charge in [0.15, 0.2) is 0 Å². The molecule has 2 aromatic rings. The van der Waals surface area contributed by atoms with E-state index in [1.807, 2.05) is 37.1 Å². The van der Waals surface area contributed by atoms with Crippen LogP contribution >= 0.6 is 0 Å². The molecular formula is C11H12N4. The summed E-state index contributed by atoms with van der Waals surface area (Å²) in [6.07, 6.45) is 7.44. The van der Waals surface area contributed by atoms with E-state index in [1.54, 1.807) is 0 Å². The van der Waals surface area contributed by atoms with Crippen molar-refractivity contribution in [2.75, 3.05) is 13.1 Å². The van der Waals surface area contributed by atoms with E-state index >= 15 is 0 Å². The van der Waals surface area contributed by atoms with Crippen LogP contribution in [0.5, 0.6) is 0 Å². The first-order valence-corrected chi connectivity index (χ1v) is 5.08. The molecule has 76 valence electrons. The van der Waals surface area contributed by atoms with E-state index < -0.39 is 0 Å². The molecule has 0 spiro atoms. The van der Waals surface area contributed by atoms with Gasteiger partial charge in [0.25, 0.3) is 0 Å². The Morgan fingerprint density at radius 2 is 2.00 bits per heavy atom. The second-order valence-electron chi connectivity index (χ2n) is 3.73. The number of aromatic nitrogens is 3. The summed E-state index contributed by atoms with van der Waals surface area (Å²) >= 11 is 0. The lowest BCUT2D eigenvalue weighted by Crippen LogP contribution is -2.43. The van der Waals surface area contributed by atoms with Gasteiger partial charge in [0, 0.05) is 31.0 Å². The highest BCUT2D eigenvalue weighted by molar-refractivity contribution is 5.58. The van der Waals surface area contributed by atoms with Crippen LogP contribution in [0.25, 0.3) is 11.3 Å². The molecule has 0 radical (unpaired) electrons. The standard InChI is InChI=1S/C11H12N4/c1-3-12-4-2-9(1)11-7-14-8-15(11)10-5-13-6-10/h1-4,7-8,10,13H,5-6H2. The van der Waals surface area contributed by atoms with Crippen LogP contribution in [-0.4, -0.2) is 27.6 Å². The molecule has 0 aromatic carbocycles. The third-order valence-corrected chi connectivity index (χ3v) is 2.80. The Labute approximate surface area is 88.0 Å². The maximum absolute atomic E-state index is 4.22. The molecule has 15 heavy (non-hydrogen) atoms. The van der Waals surface area contributed by atoms with Gasteiger partial charge in [0.1, 0.15) is 0 Å². The van der Waals surface area contributed by atoms with Crippen LogP contribution < -0.4 is 5.32 Å². The number of hydrogen-bond acceptors (Lipinski definition) is 3. The lowest BCUT2D eigenvalue weighted by atomic mass is 10.1. The average molecular weight is 200 g/mol. The molecule has 1 aliphatic heterocycles. The van der Waals surface area contributed by atoms with Crippen molar-refractivity contribution in [3.8, 4) is 11.3 Å². The van der Waals surface area contributed by atoms with Crippen molar-refractivity contribution in [2.45, 2.75) is 6.04 Å². The van der Waals surface area contributed by atoms with Crippen molar-refractivity contribution in [1.29, 1.82) is 0 Å². The largest absolute Gasteiger partial charge is 0.325 e. The minimum Gasteiger partial charge on any atom is -0.325 e. The molecule has 2 aromatic heterocycles. The smallest absolute Gasteiger partial charge is 0.0954 e. The fourth-order valence-electron chi connectivity index (χ4n) is 1.81. The highest BCUT2D eigenvalue weighted by atomic mass is 15.2. The topological polar surface area (TPSA) is 42.7 Å². The molecule has 0 unspecified atom stereocenters. The van der Waals surface area contributed by atoms with Crippen molar-refractivity contribution in [3.63, 3.8) is 0 Å². The number of hydrogen-bond donors (Lipinski definition) is 1. The minimum atomic E-state index is 0.552. The maximum atomic E-state index is 4.22. The number of nitrogens with zero attached hydrogens (tertiary/aromatic N) is 3. The van der Waals surface area contributed by atoms with Crippen LogP contribution in [-0.2, 0) is 0 Å². The van der Waals surface area contributed by atoms with Gasteiger partial charge in [0.05, 0.1) is 24.3 Å². The summed E-state index contributed by atoms with van der Waals surface area (Å²) in [7, 11) is 0. The normalized spacial score (nSPS) is 16.3. The molecule has 0 aliphatic carbocycles. The molecule has 1 aliphatic rings. The highest BCUT2D eigenvalue weighted by Crippen LogP contribution is 2.23. The summed E-state index contributed by atoms with van der Waals surface area (Å²) in [5, 5.41) is 3.27. The molecular weight excluding hydrogens is 188 g/mol. The van der Waals surface area contributed by atoms with E-state index in [0.29, 0.717) is 6.04 Å². The summed E-state index contributed by atoms with van der Waals surface area (Å²) in [4.78, 5) is 8.24. The van der Waals surface area contributed by atoms with Crippen molar-refractivity contribution in [2.24, 2.45) is 0 Å². The van der Waals surface area contributed by atoms with E-state index in [4.69, 9.17) is 0 Å². The summed E-state index contributed by atoms with van der Waals surface area (Å²) < 4.78 is 2.23. The SMILES string of the molecule is c1cc(-c2cncn2C2CNC2)ccn1. The number of rotatable bonds is 2. The molecule has 0 atom stereocenters. The summed E-state index contributed by atoms with van der Waals surface area (Å²) in [6, 6.07) is 4.58. The van der Waals surface area contributed by atoms with E-state index in [1.165, 1.54) is 11.3 Å². The zero-order valence-electron chi connectivity index (χ0n) is 8.30. The zero-order chi connectivity index (χ0) is 10.1. The first kappa shape index (κ1) is 8.61. The van der Waals surface area contributed by atoms with Gasteiger partial charge in [0.2, 0.25) is 0 Å². The quantitative estimate of drug-likeness (QED) is 0.789. The van der Waals surface area contributed by atoms with Crippen LogP contribution in [0.1, 0.15) is 6.04 Å². The van der Waals surface area contributed by atoms with Gasteiger partial charge in [-0.15, -0.1) is 0 Å². The molecule has 4 heteroatoms. The van der Waals surface area contributed by atoms with Crippen LogP contribution in [0, 0.1) is 0 Å². The summed E-state index contributed by atoms with van der Waals surface area (Å²) in [5.74, 6) is 0. The molecule has 4 nitrogen and oxygen atoms in total. The van der Waals surface area contributed by atoms with Crippen LogP contribution in [0.15, 0.2) is 37.1 Å². The van der Waals surface area contributed by atoms with Crippen LogP contribution in [0.2, 0.25) is 0 Å². The van der Waals surface area contributed by atoms with Crippen molar-refractivity contribution in [3.05, 3.63) is 37.1 Å². The second-order valence-corrected chi connectivity index (χ2v) is 3.73. The Kier molecular flexibility index (Phi) is 1.99. The van der Waals surface area contributed by atoms with Gasteiger partial charge in [-0.05, 0) is 12.1 Å². The summed E-state index contributed by atoms with van der Waals surface area (Å²) in [6.45, 7) is 2.07. The van der Waals surface area contributed by atoms with E-state index in [0.717, 1.165) is 13.1 Å². The average Bonchev–Trinajstić information content (AvgIpc) is 2.65. The van der Waals surface area contributed by atoms with Crippen molar-refractivity contribution < 1.29 is 0 Å². The first-order chi connectivity index (χ1) is 7.45. The van der Waals surface area contributed by atoms with Gasteiger partial charge < -0.3 is 9.88 Å². The predicted octanol–water partition coefficient (Wildman–Crippen LogP) is 1.09. The number of pyridine rings is 1. The van der Waals surface area contributed by atoms with Gasteiger partial charge >= 0.3 is 0 Å². The fourth-order valence-corrected chi connectivity index (χ4v) is 1.81. The Morgan fingerprint density at radius 3 is 2.67 bits per heavy atom. The number of nitrogens with one attached hydrogen (secondary N) is 1. The van der Waals surface area contributed by atoms with E-state index in [2.05, 4.69) is 19.9 Å². The maximum Gasteiger partial charge on any atom is 0.0954 e. The zero-order valence-corrected chi connectivity index (χ0v) is 8.30. The first-order valence-electron chi connectivity index (χ1n) is 5.08. The molecule has 0 bridgehead atoms. The molecule has 1 saturated heterocycles. The van der Waals surface area contributed by atoms with E-state index in [9.17, 15) is 0 Å². The van der Waals surface area contributed by atoms with Crippen LogP contribution in [0.3, 0.4) is 0 Å². The summed E-state index contributed by atoms with van der Waals surface area (Å²) in [5.41, 5.74) is 2.35. The van der Waals surface area contributed by atoms with Gasteiger partial charge in [-0.25, -0.2) is 4.98 Å². The van der Waals surface area contributed by atoms with E-state index in [-0.39, 0.29) is 0 Å². The Bertz CT molecular complexity index is 445. The molecule has 1 fully saturated rings. The predicted molar refractivity (Wildman–Crippen MR) is 57.4 cm³/mol. The van der Waals surface area contributed by atoms with Crippen molar-refractivity contribution in [1.82, 2.24) is 19.9 Å². The monoisotopic (exact) mass is 200 g/mol. The van der Waals surface area contributed by atoms with Gasteiger partial charge in [-0.2, -0.15) is 0 Å². The minimum absolute atomic E-state index is 0.552. The molecule has 3 heterocycles. The van der Waals surface area contributed by atoms with Crippen molar-refractivity contribution >= 4 is 0 Å². The highest BCUT2D eigenvalue weighted by Gasteiger charge is 2.20. The molecule has 1 N–H and O–H groups in total. The second kappa shape index (κ2) is 3.47. The Morgan fingerprint density at radius 1 is 1.20 bits per heavy atom. The molecule has 0 amide bonds. The number of imidazole rings is 1. The van der Waals surface area contributed by atoms with Crippen LogP contribution in [0.4, 0.5) is 0 Å². The van der Waals surface area contributed by atoms with Gasteiger partial charge in [-0.1, -0.05) is 0 Å². The molecule has 0 saturated carbocycles. The third-order valence-electron chi connectivity index (χ3n) is 2.80. The fraction of sp³-hybridized carbons (Fsp3) is 0.273. The van der Waals surface area contributed by atoms with Gasteiger partial charge in [-0.3, -0.25) is 4.98 Å². The Hall–Kier alpha value is -1.68. The molecule has 3 rings (SSSR count). The lowest BCUT2D eigenvalue weighted by molar-refractivity contribution is 0.346. The lowest BCUT2D eigenvalue weighted by Gasteiger charge is -2.29. The Balaban J connectivity index is 2.01.